The molecule has 1 fully saturated rings. The van der Waals surface area contributed by atoms with Gasteiger partial charge in [0, 0.05) is 56.4 Å². The molecule has 0 aliphatic carbocycles. The van der Waals surface area contributed by atoms with E-state index in [1.165, 1.54) is 17.4 Å². The summed E-state index contributed by atoms with van der Waals surface area (Å²) >= 11 is 0. The maximum Gasteiger partial charge on any atom is 0.414 e. The molecule has 2 aliphatic heterocycles. The van der Waals surface area contributed by atoms with Gasteiger partial charge in [-0.15, -0.1) is 0 Å². The van der Waals surface area contributed by atoms with Gasteiger partial charge in [-0.2, -0.15) is 0 Å². The molecule has 0 radical (unpaired) electrons. The van der Waals surface area contributed by atoms with Crippen molar-refractivity contribution in [3.63, 3.8) is 0 Å². The molecule has 0 saturated carbocycles. The van der Waals surface area contributed by atoms with Gasteiger partial charge in [-0.25, -0.2) is 0 Å². The molecule has 4 aromatic rings. The summed E-state index contributed by atoms with van der Waals surface area (Å²) in [5.74, 6) is 2.19. The standard InChI is InChI=1S/C30H34N6O6/c1-21-28(22(2)42-32-21)20-40-25-7-3-23(4-8-25)17-33-13-15-34(16-14-33)24-5-9-26(10-6-24)39-19-27-11-12-35-18-29(36(37)38)31-30(35)41-27/h3-10,18,27H,11-17,19-20H2,1-2H3. The van der Waals surface area contributed by atoms with Gasteiger partial charge in [0.2, 0.25) is 0 Å². The summed E-state index contributed by atoms with van der Waals surface area (Å²) in [6, 6.07) is 16.7. The summed E-state index contributed by atoms with van der Waals surface area (Å²) in [5, 5.41) is 14.9. The molecule has 1 unspecified atom stereocenters. The van der Waals surface area contributed by atoms with Gasteiger partial charge < -0.3 is 33.7 Å². The molecular weight excluding hydrogens is 540 g/mol. The first-order valence-electron chi connectivity index (χ1n) is 14.1. The quantitative estimate of drug-likeness (QED) is 0.197. The first-order chi connectivity index (χ1) is 20.4. The van der Waals surface area contributed by atoms with E-state index in [4.69, 9.17) is 18.7 Å². The van der Waals surface area contributed by atoms with Crippen LogP contribution in [0.15, 0.2) is 59.3 Å². The van der Waals surface area contributed by atoms with Crippen molar-refractivity contribution in [2.45, 2.75) is 46.1 Å². The summed E-state index contributed by atoms with van der Waals surface area (Å²) < 4.78 is 24.6. The van der Waals surface area contributed by atoms with Crippen LogP contribution in [-0.2, 0) is 19.7 Å². The molecule has 2 aromatic heterocycles. The van der Waals surface area contributed by atoms with E-state index in [0.717, 1.165) is 61.2 Å². The number of benzene rings is 2. The maximum absolute atomic E-state index is 11.0. The number of imidazole rings is 1. The zero-order chi connectivity index (χ0) is 29.1. The normalized spacial score (nSPS) is 17.0. The fourth-order valence-electron chi connectivity index (χ4n) is 5.26. The highest BCUT2D eigenvalue weighted by atomic mass is 16.6. The topological polar surface area (TPSA) is 121 Å². The van der Waals surface area contributed by atoms with Crippen LogP contribution in [0.3, 0.4) is 0 Å². The molecule has 0 bridgehead atoms. The number of fused-ring (bicyclic) bond motifs is 1. The van der Waals surface area contributed by atoms with Crippen LogP contribution in [0.1, 0.15) is 29.0 Å². The van der Waals surface area contributed by atoms with E-state index < -0.39 is 4.92 Å². The summed E-state index contributed by atoms with van der Waals surface area (Å²) in [4.78, 5) is 19.2. The van der Waals surface area contributed by atoms with Crippen LogP contribution in [0.5, 0.6) is 17.5 Å². The van der Waals surface area contributed by atoms with Gasteiger partial charge in [0.15, 0.2) is 0 Å². The Hall–Kier alpha value is -4.58. The van der Waals surface area contributed by atoms with Crippen molar-refractivity contribution in [1.29, 1.82) is 0 Å². The number of rotatable bonds is 10. The lowest BCUT2D eigenvalue weighted by Crippen LogP contribution is -2.45. The van der Waals surface area contributed by atoms with Crippen LogP contribution in [0.4, 0.5) is 11.5 Å². The van der Waals surface area contributed by atoms with Crippen molar-refractivity contribution >= 4 is 11.5 Å². The fraction of sp³-hybridized carbons (Fsp3) is 0.400. The zero-order valence-corrected chi connectivity index (χ0v) is 23.8. The summed E-state index contributed by atoms with van der Waals surface area (Å²) in [6.45, 7) is 10.0. The minimum atomic E-state index is -0.512. The largest absolute Gasteiger partial charge is 0.490 e. The minimum absolute atomic E-state index is 0.201. The van der Waals surface area contributed by atoms with E-state index in [1.54, 1.807) is 4.57 Å². The Bertz CT molecular complexity index is 1490. The van der Waals surface area contributed by atoms with Crippen molar-refractivity contribution in [2.24, 2.45) is 0 Å². The molecule has 2 aliphatic rings. The van der Waals surface area contributed by atoms with Gasteiger partial charge in [0.25, 0.3) is 0 Å². The van der Waals surface area contributed by atoms with E-state index in [0.29, 0.717) is 26.2 Å². The molecule has 12 nitrogen and oxygen atoms in total. The number of aryl methyl sites for hydroxylation is 3. The number of nitro groups is 1. The second-order valence-electron chi connectivity index (χ2n) is 10.7. The Morgan fingerprint density at radius 1 is 0.976 bits per heavy atom. The molecule has 4 heterocycles. The summed E-state index contributed by atoms with van der Waals surface area (Å²) in [5.41, 5.74) is 4.30. The van der Waals surface area contributed by atoms with Gasteiger partial charge >= 0.3 is 11.8 Å². The second-order valence-corrected chi connectivity index (χ2v) is 10.7. The van der Waals surface area contributed by atoms with E-state index in [-0.39, 0.29) is 17.9 Å². The predicted octanol–water partition coefficient (Wildman–Crippen LogP) is 4.53. The average Bonchev–Trinajstić information content (AvgIpc) is 3.58. The lowest BCUT2D eigenvalue weighted by atomic mass is 10.1. The third kappa shape index (κ3) is 6.33. The van der Waals surface area contributed by atoms with Crippen molar-refractivity contribution in [3.05, 3.63) is 87.4 Å². The molecule has 0 amide bonds. The van der Waals surface area contributed by atoms with Gasteiger partial charge in [-0.1, -0.05) is 17.3 Å². The van der Waals surface area contributed by atoms with Crippen LogP contribution in [-0.4, -0.2) is 63.4 Å². The highest BCUT2D eigenvalue weighted by Gasteiger charge is 2.28. The SMILES string of the molecule is Cc1noc(C)c1COc1ccc(CN2CCN(c3ccc(OCC4CCn5cc([N+](=O)[O-])nc5O4)cc3)CC2)cc1. The highest BCUT2D eigenvalue weighted by Crippen LogP contribution is 2.26. The molecule has 42 heavy (non-hydrogen) atoms. The summed E-state index contributed by atoms with van der Waals surface area (Å²) in [7, 11) is 0. The monoisotopic (exact) mass is 574 g/mol. The minimum Gasteiger partial charge on any atom is -0.490 e. The number of anilines is 1. The van der Waals surface area contributed by atoms with Gasteiger partial charge in [0.05, 0.1) is 11.3 Å². The van der Waals surface area contributed by atoms with Gasteiger partial charge in [-0.05, 0) is 60.7 Å². The maximum atomic E-state index is 11.0. The second kappa shape index (κ2) is 12.1. The number of piperazine rings is 1. The Labute approximate surface area is 243 Å². The molecule has 1 atom stereocenters. The molecular formula is C30H34N6O6. The van der Waals surface area contributed by atoms with Crippen molar-refractivity contribution < 1.29 is 23.7 Å². The first-order valence-corrected chi connectivity index (χ1v) is 14.1. The predicted molar refractivity (Wildman–Crippen MR) is 154 cm³/mol. The lowest BCUT2D eigenvalue weighted by molar-refractivity contribution is -0.389. The van der Waals surface area contributed by atoms with Crippen LogP contribution in [0.2, 0.25) is 0 Å². The van der Waals surface area contributed by atoms with E-state index in [9.17, 15) is 10.1 Å². The lowest BCUT2D eigenvalue weighted by Gasteiger charge is -2.36. The van der Waals surface area contributed by atoms with E-state index in [1.807, 2.05) is 38.1 Å². The van der Waals surface area contributed by atoms with Crippen LogP contribution < -0.4 is 19.1 Å². The molecule has 0 N–H and O–H groups in total. The Kier molecular flexibility index (Phi) is 7.95. The number of hydrogen-bond donors (Lipinski definition) is 0. The Balaban J connectivity index is 0.929. The molecule has 6 rings (SSSR count). The van der Waals surface area contributed by atoms with E-state index >= 15 is 0 Å². The molecule has 12 heteroatoms. The Morgan fingerprint density at radius 2 is 1.69 bits per heavy atom. The third-order valence-electron chi connectivity index (χ3n) is 7.78. The number of aromatic nitrogens is 3. The van der Waals surface area contributed by atoms with E-state index in [2.05, 4.69) is 44.2 Å². The van der Waals surface area contributed by atoms with Gasteiger partial charge in [-0.3, -0.25) is 9.47 Å². The summed E-state index contributed by atoms with van der Waals surface area (Å²) in [6.07, 6.45) is 1.90. The average molecular weight is 575 g/mol. The van der Waals surface area contributed by atoms with Crippen molar-refractivity contribution in [2.75, 3.05) is 37.7 Å². The fourth-order valence-corrected chi connectivity index (χ4v) is 5.26. The smallest absolute Gasteiger partial charge is 0.414 e. The van der Waals surface area contributed by atoms with Crippen molar-refractivity contribution in [1.82, 2.24) is 19.6 Å². The highest BCUT2D eigenvalue weighted by molar-refractivity contribution is 5.49. The molecule has 220 valence electrons. The van der Waals surface area contributed by atoms with Crippen LogP contribution in [0.25, 0.3) is 0 Å². The zero-order valence-electron chi connectivity index (χ0n) is 23.8. The number of hydrogen-bond acceptors (Lipinski definition) is 10. The van der Waals surface area contributed by atoms with Crippen LogP contribution >= 0.6 is 0 Å². The van der Waals surface area contributed by atoms with Crippen LogP contribution in [0, 0.1) is 24.0 Å². The first kappa shape index (κ1) is 27.6. The molecule has 0 spiro atoms. The van der Waals surface area contributed by atoms with Crippen molar-refractivity contribution in [3.8, 4) is 17.5 Å². The molecule has 2 aromatic carbocycles. The van der Waals surface area contributed by atoms with Gasteiger partial charge in [0.1, 0.15) is 42.8 Å². The number of ether oxygens (including phenoxy) is 3. The number of nitrogens with zero attached hydrogens (tertiary/aromatic N) is 6. The Morgan fingerprint density at radius 3 is 2.38 bits per heavy atom. The molecule has 1 saturated heterocycles. The third-order valence-corrected chi connectivity index (χ3v) is 7.78.